The molecule has 0 radical (unpaired) electrons. The molecule has 3 rings (SSSR count). The van der Waals surface area contributed by atoms with E-state index >= 15 is 0 Å². The van der Waals surface area contributed by atoms with E-state index in [2.05, 4.69) is 20.8 Å². The zero-order valence-electron chi connectivity index (χ0n) is 27.7. The summed E-state index contributed by atoms with van der Waals surface area (Å²) in [5, 5.41) is 0. The van der Waals surface area contributed by atoms with Crippen LogP contribution in [0.25, 0.3) is 0 Å². The highest BCUT2D eigenvalue weighted by molar-refractivity contribution is 5.94. The van der Waals surface area contributed by atoms with Gasteiger partial charge in [0, 0.05) is 13.5 Å². The van der Waals surface area contributed by atoms with Gasteiger partial charge in [-0.3, -0.25) is 4.79 Å². The zero-order valence-corrected chi connectivity index (χ0v) is 27.7. The summed E-state index contributed by atoms with van der Waals surface area (Å²) in [7, 11) is 1.42. The van der Waals surface area contributed by atoms with Crippen molar-refractivity contribution in [1.82, 2.24) is 0 Å². The van der Waals surface area contributed by atoms with Gasteiger partial charge in [-0.2, -0.15) is 0 Å². The monoisotopic (exact) mass is 596 g/mol. The number of carbonyl (C=O) groups excluding carboxylic acids is 3. The maximum Gasteiger partial charge on any atom is 0.339 e. The van der Waals surface area contributed by atoms with Crippen LogP contribution in [0.3, 0.4) is 0 Å². The van der Waals surface area contributed by atoms with Gasteiger partial charge in [-0.25, -0.2) is 9.59 Å². The molecule has 0 bridgehead atoms. The van der Waals surface area contributed by atoms with E-state index in [-0.39, 0.29) is 17.8 Å². The van der Waals surface area contributed by atoms with Crippen LogP contribution in [0.4, 0.5) is 0 Å². The topological polar surface area (TPSA) is 97.4 Å². The lowest BCUT2D eigenvalue weighted by atomic mass is 9.80. The number of methoxy groups -OCH3 is 1. The Labute approximate surface area is 256 Å². The van der Waals surface area contributed by atoms with Crippen molar-refractivity contribution >= 4 is 17.9 Å². The van der Waals surface area contributed by atoms with Crippen molar-refractivity contribution in [1.29, 1.82) is 0 Å². The van der Waals surface area contributed by atoms with Crippen LogP contribution >= 0.6 is 0 Å². The molecule has 0 amide bonds. The Bertz CT molecular complexity index is 1310. The largest absolute Gasteiger partial charge is 0.455 e. The van der Waals surface area contributed by atoms with Crippen LogP contribution in [0.1, 0.15) is 95.1 Å². The normalized spacial score (nSPS) is 22.9. The van der Waals surface area contributed by atoms with Crippen LogP contribution in [0.15, 0.2) is 24.3 Å². The van der Waals surface area contributed by atoms with E-state index in [9.17, 15) is 14.4 Å². The Hall–Kier alpha value is -3.23. The van der Waals surface area contributed by atoms with Gasteiger partial charge in [-0.1, -0.05) is 63.1 Å². The molecule has 0 saturated carbocycles. The van der Waals surface area contributed by atoms with Gasteiger partial charge < -0.3 is 23.7 Å². The van der Waals surface area contributed by atoms with Gasteiger partial charge in [0.15, 0.2) is 24.6 Å². The Morgan fingerprint density at radius 2 is 1.16 bits per heavy atom. The molecule has 43 heavy (non-hydrogen) atoms. The fourth-order valence-corrected chi connectivity index (χ4v) is 5.71. The molecular weight excluding hydrogens is 548 g/mol. The minimum atomic E-state index is -1.22. The molecule has 0 aliphatic carbocycles. The summed E-state index contributed by atoms with van der Waals surface area (Å²) in [6.07, 6.45) is -5.13. The Morgan fingerprint density at radius 1 is 0.744 bits per heavy atom. The minimum absolute atomic E-state index is 0.0199. The smallest absolute Gasteiger partial charge is 0.339 e. The fraction of sp³-hybridized carbons (Fsp3) is 0.571. The van der Waals surface area contributed by atoms with Crippen molar-refractivity contribution in [3.8, 4) is 0 Å². The van der Waals surface area contributed by atoms with Crippen molar-refractivity contribution in [3.63, 3.8) is 0 Å². The van der Waals surface area contributed by atoms with Crippen molar-refractivity contribution < 1.29 is 38.1 Å². The molecule has 236 valence electrons. The molecule has 8 heteroatoms. The van der Waals surface area contributed by atoms with Crippen molar-refractivity contribution in [2.75, 3.05) is 7.11 Å². The second-order valence-electron chi connectivity index (χ2n) is 13.2. The molecule has 1 aliphatic heterocycles. The summed E-state index contributed by atoms with van der Waals surface area (Å²) in [6, 6.07) is 7.61. The summed E-state index contributed by atoms with van der Waals surface area (Å²) < 4.78 is 29.8. The molecule has 0 unspecified atom stereocenters. The minimum Gasteiger partial charge on any atom is -0.455 e. The van der Waals surface area contributed by atoms with Gasteiger partial charge in [0.05, 0.1) is 17.2 Å². The average Bonchev–Trinajstić information content (AvgIpc) is 2.85. The Morgan fingerprint density at radius 3 is 1.56 bits per heavy atom. The number of hydrogen-bond acceptors (Lipinski definition) is 8. The summed E-state index contributed by atoms with van der Waals surface area (Å²) in [4.78, 5) is 40.7. The molecule has 8 nitrogen and oxygen atoms in total. The first kappa shape index (κ1) is 34.3. The lowest BCUT2D eigenvalue weighted by Gasteiger charge is -2.43. The van der Waals surface area contributed by atoms with Gasteiger partial charge in [-0.15, -0.1) is 0 Å². The molecular formula is C35H48O8. The number of hydrogen-bond donors (Lipinski definition) is 0. The second kappa shape index (κ2) is 13.6. The zero-order chi connectivity index (χ0) is 32.4. The molecule has 1 fully saturated rings. The first-order valence-electron chi connectivity index (χ1n) is 14.9. The van der Waals surface area contributed by atoms with E-state index in [0.717, 1.165) is 33.4 Å². The standard InChI is InChI=1S/C35H48O8/c1-18-13-20(3)27(21(4)14-18)32(37)42-30-29(41-26(36)17-24(7)35(9,10)11)25(8)40-34(39-12)31(30)43-33(38)28-22(5)15-19(2)16-23(28)6/h13-16,24-25,29-31,34H,17H2,1-12H3/t24-,25-,29-,30+,31-,34+/m1/s1. The summed E-state index contributed by atoms with van der Waals surface area (Å²) in [5.74, 6) is -1.67. The van der Waals surface area contributed by atoms with Gasteiger partial charge in [0.1, 0.15) is 0 Å². The number of rotatable bonds is 8. The van der Waals surface area contributed by atoms with Gasteiger partial charge in [0.2, 0.25) is 0 Å². The number of ether oxygens (including phenoxy) is 5. The number of aryl methyl sites for hydroxylation is 6. The molecule has 6 atom stereocenters. The molecule has 0 aromatic heterocycles. The van der Waals surface area contributed by atoms with E-state index in [1.807, 2.05) is 72.7 Å². The van der Waals surface area contributed by atoms with Crippen molar-refractivity contribution in [2.24, 2.45) is 11.3 Å². The molecule has 1 aliphatic rings. The molecule has 0 spiro atoms. The Balaban J connectivity index is 2.04. The number of esters is 3. The lowest BCUT2D eigenvalue weighted by molar-refractivity contribution is -0.287. The number of benzene rings is 2. The third kappa shape index (κ3) is 8.03. The van der Waals surface area contributed by atoms with E-state index in [1.54, 1.807) is 6.92 Å². The summed E-state index contributed by atoms with van der Waals surface area (Å²) in [6.45, 7) is 21.1. The first-order chi connectivity index (χ1) is 19.9. The van der Waals surface area contributed by atoms with Gasteiger partial charge in [0.25, 0.3) is 0 Å². The maximum absolute atomic E-state index is 13.8. The van der Waals surface area contributed by atoms with Crippen LogP contribution in [0.5, 0.6) is 0 Å². The average molecular weight is 597 g/mol. The fourth-order valence-electron chi connectivity index (χ4n) is 5.71. The van der Waals surface area contributed by atoms with Gasteiger partial charge >= 0.3 is 17.9 Å². The highest BCUT2D eigenvalue weighted by Gasteiger charge is 2.52. The van der Waals surface area contributed by atoms with Crippen LogP contribution in [0.2, 0.25) is 0 Å². The predicted octanol–water partition coefficient (Wildman–Crippen LogP) is 6.66. The predicted molar refractivity (Wildman–Crippen MR) is 164 cm³/mol. The summed E-state index contributed by atoms with van der Waals surface area (Å²) in [5.41, 5.74) is 5.71. The van der Waals surface area contributed by atoms with Crippen molar-refractivity contribution in [2.45, 2.75) is 113 Å². The van der Waals surface area contributed by atoms with Crippen molar-refractivity contribution in [3.05, 3.63) is 68.8 Å². The Kier molecular flexibility index (Phi) is 10.8. The molecule has 2 aromatic carbocycles. The molecule has 1 heterocycles. The number of carbonyl (C=O) groups is 3. The van der Waals surface area contributed by atoms with E-state index in [0.29, 0.717) is 11.1 Å². The first-order valence-corrected chi connectivity index (χ1v) is 14.9. The van der Waals surface area contributed by atoms with Crippen LogP contribution < -0.4 is 0 Å². The second-order valence-corrected chi connectivity index (χ2v) is 13.2. The quantitative estimate of drug-likeness (QED) is 0.246. The van der Waals surface area contributed by atoms with E-state index in [1.165, 1.54) is 7.11 Å². The molecule has 1 saturated heterocycles. The third-order valence-electron chi connectivity index (χ3n) is 8.43. The highest BCUT2D eigenvalue weighted by Crippen LogP contribution is 2.33. The SMILES string of the molecule is CO[C@H]1O[C@H](C)[C@@H](OC(=O)C[C@@H](C)C(C)(C)C)[C@H](OC(=O)c2c(C)cc(C)cc2C)[C@H]1OC(=O)c1c(C)cc(C)cc1C. The maximum atomic E-state index is 13.8. The third-order valence-corrected chi connectivity index (χ3v) is 8.43. The van der Waals surface area contributed by atoms with E-state index < -0.39 is 48.6 Å². The lowest BCUT2D eigenvalue weighted by Crippen LogP contribution is -2.61. The highest BCUT2D eigenvalue weighted by atomic mass is 16.7. The molecule has 2 aromatic rings. The molecule has 0 N–H and O–H groups in total. The van der Waals surface area contributed by atoms with E-state index in [4.69, 9.17) is 23.7 Å². The summed E-state index contributed by atoms with van der Waals surface area (Å²) >= 11 is 0. The van der Waals surface area contributed by atoms with Crippen LogP contribution in [-0.2, 0) is 28.5 Å². The van der Waals surface area contributed by atoms with Crippen LogP contribution in [0, 0.1) is 52.9 Å². The van der Waals surface area contributed by atoms with Crippen LogP contribution in [-0.4, -0.2) is 55.7 Å². The van der Waals surface area contributed by atoms with Gasteiger partial charge in [-0.05, 0) is 82.1 Å².